The molecule has 0 fully saturated rings. The minimum absolute atomic E-state index is 0.208. The SMILES string of the molecule is CC(C)(CC(=O)CC(C)(C)[Si](C)(C)C)[Si](C)(C)C. The Balaban J connectivity index is 4.75. The zero-order chi connectivity index (χ0) is 15.0. The molecule has 108 valence electrons. The summed E-state index contributed by atoms with van der Waals surface area (Å²) in [6.45, 7) is 23.3. The van der Waals surface area contributed by atoms with Crippen molar-refractivity contribution in [1.29, 1.82) is 0 Å². The molecule has 0 bridgehead atoms. The standard InChI is InChI=1S/C15H34OSi2/c1-14(2,17(5,6)7)11-13(16)12-15(3,4)18(8,9)10/h11-12H2,1-10H3. The van der Waals surface area contributed by atoms with Gasteiger partial charge in [0.25, 0.3) is 0 Å². The number of hydrogen-bond acceptors (Lipinski definition) is 1. The van der Waals surface area contributed by atoms with Crippen LogP contribution in [0.4, 0.5) is 0 Å². The first-order chi connectivity index (χ1) is 7.60. The molecule has 3 heteroatoms. The van der Waals surface area contributed by atoms with Gasteiger partial charge in [-0.2, -0.15) is 0 Å². The van der Waals surface area contributed by atoms with Gasteiger partial charge in [0.1, 0.15) is 5.78 Å². The van der Waals surface area contributed by atoms with Crippen LogP contribution in [0.3, 0.4) is 0 Å². The smallest absolute Gasteiger partial charge is 0.133 e. The third-order valence-electron chi connectivity index (χ3n) is 5.34. The molecule has 0 amide bonds. The van der Waals surface area contributed by atoms with Crippen LogP contribution in [-0.2, 0) is 4.79 Å². The summed E-state index contributed by atoms with van der Waals surface area (Å²) in [4.78, 5) is 12.4. The Morgan fingerprint density at radius 1 is 0.722 bits per heavy atom. The fourth-order valence-electron chi connectivity index (χ4n) is 1.58. The summed E-state index contributed by atoms with van der Waals surface area (Å²) in [5.41, 5.74) is 0. The maximum absolute atomic E-state index is 12.4. The molecule has 0 aliphatic heterocycles. The van der Waals surface area contributed by atoms with E-state index in [0.717, 1.165) is 12.8 Å². The lowest BCUT2D eigenvalue weighted by Crippen LogP contribution is -2.40. The monoisotopic (exact) mass is 286 g/mol. The molecule has 0 aromatic heterocycles. The molecule has 0 saturated carbocycles. The number of Topliss-reactive ketones (excluding diaryl/α,β-unsaturated/α-hetero) is 1. The van der Waals surface area contributed by atoms with E-state index in [9.17, 15) is 4.79 Å². The Morgan fingerprint density at radius 3 is 1.11 bits per heavy atom. The fraction of sp³-hybridized carbons (Fsp3) is 0.933. The molecule has 0 rings (SSSR count). The molecule has 0 unspecified atom stereocenters. The summed E-state index contributed by atoms with van der Waals surface area (Å²) >= 11 is 0. The summed E-state index contributed by atoms with van der Waals surface area (Å²) in [5.74, 6) is 0.467. The highest BCUT2D eigenvalue weighted by Crippen LogP contribution is 2.45. The molecule has 0 N–H and O–H groups in total. The lowest BCUT2D eigenvalue weighted by molar-refractivity contribution is -0.120. The molecule has 0 heterocycles. The second-order valence-corrected chi connectivity index (χ2v) is 20.9. The summed E-state index contributed by atoms with van der Waals surface area (Å²) in [6.07, 6.45) is 1.52. The van der Waals surface area contributed by atoms with Crippen LogP contribution in [0.2, 0.25) is 49.4 Å². The van der Waals surface area contributed by atoms with Crippen molar-refractivity contribution in [2.75, 3.05) is 0 Å². The molecule has 1 nitrogen and oxygen atoms in total. The highest BCUT2D eigenvalue weighted by molar-refractivity contribution is 6.79. The van der Waals surface area contributed by atoms with Gasteiger partial charge in [-0.25, -0.2) is 0 Å². The van der Waals surface area contributed by atoms with Crippen molar-refractivity contribution in [3.8, 4) is 0 Å². The Morgan fingerprint density at radius 2 is 0.944 bits per heavy atom. The average Bonchev–Trinajstić information content (AvgIpc) is 1.95. The molecule has 0 aromatic carbocycles. The highest BCUT2D eigenvalue weighted by Gasteiger charge is 2.40. The summed E-state index contributed by atoms with van der Waals surface area (Å²) < 4.78 is 0. The van der Waals surface area contributed by atoms with Gasteiger partial charge in [-0.3, -0.25) is 4.79 Å². The van der Waals surface area contributed by atoms with Gasteiger partial charge in [0.05, 0.1) is 16.1 Å². The van der Waals surface area contributed by atoms with Gasteiger partial charge >= 0.3 is 0 Å². The zero-order valence-electron chi connectivity index (χ0n) is 14.3. The van der Waals surface area contributed by atoms with Gasteiger partial charge in [-0.1, -0.05) is 67.0 Å². The van der Waals surface area contributed by atoms with E-state index >= 15 is 0 Å². The van der Waals surface area contributed by atoms with Crippen molar-refractivity contribution in [2.24, 2.45) is 0 Å². The predicted molar refractivity (Wildman–Crippen MR) is 89.0 cm³/mol. The molecule has 0 saturated heterocycles. The van der Waals surface area contributed by atoms with Crippen LogP contribution in [0.1, 0.15) is 40.5 Å². The minimum Gasteiger partial charge on any atom is -0.300 e. The van der Waals surface area contributed by atoms with Crippen LogP contribution in [-0.4, -0.2) is 21.9 Å². The molecule has 0 aromatic rings. The van der Waals surface area contributed by atoms with Crippen molar-refractivity contribution >= 4 is 21.9 Å². The third-order valence-corrected chi connectivity index (χ3v) is 13.8. The zero-order valence-corrected chi connectivity index (χ0v) is 16.3. The largest absolute Gasteiger partial charge is 0.300 e. The normalized spacial score (nSPS) is 14.8. The van der Waals surface area contributed by atoms with Crippen LogP contribution < -0.4 is 0 Å². The van der Waals surface area contributed by atoms with Crippen molar-refractivity contribution in [1.82, 2.24) is 0 Å². The molecule has 0 aliphatic rings. The second kappa shape index (κ2) is 5.24. The molecule has 18 heavy (non-hydrogen) atoms. The molecular formula is C15H34OSi2. The van der Waals surface area contributed by atoms with E-state index in [1.54, 1.807) is 0 Å². The van der Waals surface area contributed by atoms with Crippen LogP contribution in [0.25, 0.3) is 0 Å². The van der Waals surface area contributed by atoms with Crippen LogP contribution in [0.15, 0.2) is 0 Å². The molecule has 0 atom stereocenters. The molecule has 0 radical (unpaired) electrons. The lowest BCUT2D eigenvalue weighted by Gasteiger charge is -2.40. The maximum Gasteiger partial charge on any atom is 0.133 e. The number of carbonyl (C=O) groups excluding carboxylic acids is 1. The maximum atomic E-state index is 12.4. The number of ketones is 1. The van der Waals surface area contributed by atoms with Crippen molar-refractivity contribution < 1.29 is 4.79 Å². The summed E-state index contributed by atoms with van der Waals surface area (Å²) in [5, 5.41) is 0.416. The summed E-state index contributed by atoms with van der Waals surface area (Å²) in [7, 11) is -2.56. The molecular weight excluding hydrogens is 252 g/mol. The fourth-order valence-corrected chi connectivity index (χ4v) is 3.03. The van der Waals surface area contributed by atoms with Gasteiger partial charge in [0, 0.05) is 12.8 Å². The van der Waals surface area contributed by atoms with Gasteiger partial charge in [-0.05, 0) is 10.1 Å². The van der Waals surface area contributed by atoms with E-state index in [2.05, 4.69) is 67.0 Å². The number of hydrogen-bond donors (Lipinski definition) is 0. The van der Waals surface area contributed by atoms with Crippen LogP contribution in [0, 0.1) is 0 Å². The summed E-state index contributed by atoms with van der Waals surface area (Å²) in [6, 6.07) is 0. The first kappa shape index (κ1) is 18.1. The minimum atomic E-state index is -1.28. The van der Waals surface area contributed by atoms with Gasteiger partial charge < -0.3 is 0 Å². The quantitative estimate of drug-likeness (QED) is 0.583. The Bertz CT molecular complexity index is 273. The number of rotatable bonds is 6. The van der Waals surface area contributed by atoms with E-state index in [1.807, 2.05) is 0 Å². The van der Waals surface area contributed by atoms with Crippen LogP contribution in [0.5, 0.6) is 0 Å². The van der Waals surface area contributed by atoms with Crippen molar-refractivity contribution in [3.63, 3.8) is 0 Å². The average molecular weight is 287 g/mol. The topological polar surface area (TPSA) is 17.1 Å². The molecule has 0 aliphatic carbocycles. The van der Waals surface area contributed by atoms with Crippen molar-refractivity contribution in [2.45, 2.75) is 89.9 Å². The second-order valence-electron chi connectivity index (χ2n) is 9.16. The van der Waals surface area contributed by atoms with Gasteiger partial charge in [-0.15, -0.1) is 0 Å². The van der Waals surface area contributed by atoms with Crippen molar-refractivity contribution in [3.05, 3.63) is 0 Å². The third kappa shape index (κ3) is 4.65. The van der Waals surface area contributed by atoms with Gasteiger partial charge in [0.15, 0.2) is 0 Å². The van der Waals surface area contributed by atoms with E-state index in [0.29, 0.717) is 5.78 Å². The van der Waals surface area contributed by atoms with Crippen LogP contribution >= 0.6 is 0 Å². The van der Waals surface area contributed by atoms with E-state index < -0.39 is 16.1 Å². The molecule has 0 spiro atoms. The van der Waals surface area contributed by atoms with E-state index in [-0.39, 0.29) is 10.1 Å². The lowest BCUT2D eigenvalue weighted by atomic mass is 9.98. The highest BCUT2D eigenvalue weighted by atomic mass is 28.3. The number of carbonyl (C=O) groups is 1. The van der Waals surface area contributed by atoms with Gasteiger partial charge in [0.2, 0.25) is 0 Å². The Kier molecular flexibility index (Phi) is 5.27. The first-order valence-corrected chi connectivity index (χ1v) is 14.1. The predicted octanol–water partition coefficient (Wildman–Crippen LogP) is 5.57. The Hall–Kier alpha value is 0.104. The van der Waals surface area contributed by atoms with E-state index in [4.69, 9.17) is 0 Å². The Labute approximate surface area is 117 Å². The first-order valence-electron chi connectivity index (χ1n) is 7.12. The van der Waals surface area contributed by atoms with E-state index in [1.165, 1.54) is 0 Å².